The number of hydrogen-bond donors (Lipinski definition) is 2. The molecule has 2 N–H and O–H groups in total. The Balaban J connectivity index is 1.35. The zero-order valence-electron chi connectivity index (χ0n) is 18.6. The quantitative estimate of drug-likeness (QED) is 0.412. The first-order valence-electron chi connectivity index (χ1n) is 10.5. The van der Waals surface area contributed by atoms with Gasteiger partial charge in [0.05, 0.1) is 4.90 Å². The smallest absolute Gasteiger partial charge is 0.305 e. The summed E-state index contributed by atoms with van der Waals surface area (Å²) in [6.45, 7) is 2.03. The van der Waals surface area contributed by atoms with Crippen LogP contribution in [0.5, 0.6) is 0 Å². The minimum absolute atomic E-state index is 0.0784. The Morgan fingerprint density at radius 1 is 0.882 bits per heavy atom. The highest BCUT2D eigenvalue weighted by Gasteiger charge is 2.21. The van der Waals surface area contributed by atoms with Gasteiger partial charge in [-0.1, -0.05) is 48.0 Å². The van der Waals surface area contributed by atoms with Crippen LogP contribution in [-0.2, 0) is 16.6 Å². The van der Waals surface area contributed by atoms with Gasteiger partial charge in [0, 0.05) is 24.5 Å². The molecule has 1 aromatic heterocycles. The van der Waals surface area contributed by atoms with Crippen molar-refractivity contribution in [2.24, 2.45) is 0 Å². The van der Waals surface area contributed by atoms with E-state index in [0.717, 1.165) is 10.9 Å². The number of furan rings is 1. The number of nitrogens with one attached hydrogen (secondary N) is 2. The lowest BCUT2D eigenvalue weighted by Gasteiger charge is -2.17. The van der Waals surface area contributed by atoms with Gasteiger partial charge in [0.1, 0.15) is 5.58 Å². The second-order valence-corrected chi connectivity index (χ2v) is 9.87. The second-order valence-electron chi connectivity index (χ2n) is 7.83. The van der Waals surface area contributed by atoms with E-state index in [2.05, 4.69) is 10.9 Å². The van der Waals surface area contributed by atoms with Gasteiger partial charge in [-0.25, -0.2) is 8.42 Å². The SMILES string of the molecule is Cc1ccc(S(=O)(=O)N(C)Cc2ccc(C(=O)NNC(=O)c3cc4ccccc4o3)cc2)cc1. The van der Waals surface area contributed by atoms with Crippen molar-refractivity contribution in [1.82, 2.24) is 15.2 Å². The molecule has 0 bridgehead atoms. The molecule has 0 aliphatic heterocycles. The van der Waals surface area contributed by atoms with Gasteiger partial charge in [-0.15, -0.1) is 0 Å². The van der Waals surface area contributed by atoms with Crippen molar-refractivity contribution in [3.05, 3.63) is 101 Å². The number of amides is 2. The molecule has 0 fully saturated rings. The second kappa shape index (κ2) is 9.50. The molecule has 0 spiro atoms. The summed E-state index contributed by atoms with van der Waals surface area (Å²) < 4.78 is 32.2. The van der Waals surface area contributed by atoms with Crippen LogP contribution in [0.3, 0.4) is 0 Å². The van der Waals surface area contributed by atoms with Gasteiger partial charge in [0.25, 0.3) is 5.91 Å². The molecule has 34 heavy (non-hydrogen) atoms. The van der Waals surface area contributed by atoms with Gasteiger partial charge < -0.3 is 4.42 Å². The van der Waals surface area contributed by atoms with E-state index < -0.39 is 21.8 Å². The zero-order valence-corrected chi connectivity index (χ0v) is 19.4. The molecule has 8 nitrogen and oxygen atoms in total. The first kappa shape index (κ1) is 23.2. The molecule has 0 atom stereocenters. The number of aryl methyl sites for hydroxylation is 1. The molecular weight excluding hydrogens is 454 g/mol. The van der Waals surface area contributed by atoms with Crippen LogP contribution in [0.15, 0.2) is 88.2 Å². The highest BCUT2D eigenvalue weighted by atomic mass is 32.2. The van der Waals surface area contributed by atoms with Gasteiger partial charge in [0.2, 0.25) is 10.0 Å². The van der Waals surface area contributed by atoms with E-state index in [-0.39, 0.29) is 17.2 Å². The predicted molar refractivity (Wildman–Crippen MR) is 127 cm³/mol. The number of hydrogen-bond acceptors (Lipinski definition) is 5. The Hall–Kier alpha value is -3.95. The van der Waals surface area contributed by atoms with Crippen molar-refractivity contribution in [3.8, 4) is 0 Å². The maximum atomic E-state index is 12.8. The predicted octanol–water partition coefficient (Wildman–Crippen LogP) is 3.64. The lowest BCUT2D eigenvalue weighted by atomic mass is 10.1. The van der Waals surface area contributed by atoms with Crippen molar-refractivity contribution in [2.75, 3.05) is 7.05 Å². The minimum atomic E-state index is -3.64. The van der Waals surface area contributed by atoms with E-state index in [4.69, 9.17) is 4.42 Å². The lowest BCUT2D eigenvalue weighted by molar-refractivity contribution is 0.0832. The fourth-order valence-electron chi connectivity index (χ4n) is 3.33. The van der Waals surface area contributed by atoms with Crippen molar-refractivity contribution in [2.45, 2.75) is 18.4 Å². The zero-order chi connectivity index (χ0) is 24.3. The molecule has 1 heterocycles. The summed E-state index contributed by atoms with van der Waals surface area (Å²) in [6, 6.07) is 21.9. The molecule has 3 aromatic carbocycles. The normalized spacial score (nSPS) is 11.5. The summed E-state index contributed by atoms with van der Waals surface area (Å²) in [5.74, 6) is -1.02. The molecule has 0 aliphatic rings. The van der Waals surface area contributed by atoms with Gasteiger partial charge in [-0.05, 0) is 48.9 Å². The van der Waals surface area contributed by atoms with Crippen LogP contribution in [0.4, 0.5) is 0 Å². The Morgan fingerprint density at radius 2 is 1.53 bits per heavy atom. The Kier molecular flexibility index (Phi) is 6.49. The highest BCUT2D eigenvalue weighted by molar-refractivity contribution is 7.89. The molecule has 2 amide bonds. The number of benzene rings is 3. The number of hydrazine groups is 1. The van der Waals surface area contributed by atoms with Crippen LogP contribution in [0, 0.1) is 6.92 Å². The fourth-order valence-corrected chi connectivity index (χ4v) is 4.49. The van der Waals surface area contributed by atoms with Crippen LogP contribution in [0.2, 0.25) is 0 Å². The van der Waals surface area contributed by atoms with Crippen LogP contribution in [-0.4, -0.2) is 31.6 Å². The van der Waals surface area contributed by atoms with Gasteiger partial charge in [0.15, 0.2) is 5.76 Å². The average molecular weight is 478 g/mol. The molecule has 0 aliphatic carbocycles. The maximum absolute atomic E-state index is 12.8. The van der Waals surface area contributed by atoms with Gasteiger partial charge in [-0.2, -0.15) is 4.31 Å². The van der Waals surface area contributed by atoms with E-state index in [0.29, 0.717) is 16.7 Å². The Morgan fingerprint density at radius 3 is 2.21 bits per heavy atom. The summed E-state index contributed by atoms with van der Waals surface area (Å²) in [7, 11) is -2.13. The fraction of sp³-hybridized carbons (Fsp3) is 0.120. The highest BCUT2D eigenvalue weighted by Crippen LogP contribution is 2.19. The number of carbonyl (C=O) groups excluding carboxylic acids is 2. The molecule has 9 heteroatoms. The van der Waals surface area contributed by atoms with E-state index in [9.17, 15) is 18.0 Å². The molecular formula is C25H23N3O5S. The monoisotopic (exact) mass is 477 g/mol. The molecule has 0 saturated carbocycles. The Labute approximate surface area is 197 Å². The van der Waals surface area contributed by atoms with Crippen LogP contribution in [0.1, 0.15) is 32.0 Å². The minimum Gasteiger partial charge on any atom is -0.451 e. The maximum Gasteiger partial charge on any atom is 0.305 e. The molecule has 174 valence electrons. The van der Waals surface area contributed by atoms with E-state index in [1.165, 1.54) is 11.4 Å². The third kappa shape index (κ3) is 5.00. The van der Waals surface area contributed by atoms with Crippen LogP contribution in [0.25, 0.3) is 11.0 Å². The molecule has 4 rings (SSSR count). The van der Waals surface area contributed by atoms with Crippen molar-refractivity contribution >= 4 is 32.8 Å². The van der Waals surface area contributed by atoms with Gasteiger partial charge in [-0.3, -0.25) is 20.4 Å². The van der Waals surface area contributed by atoms with E-state index in [1.54, 1.807) is 66.7 Å². The summed E-state index contributed by atoms with van der Waals surface area (Å²) in [6.07, 6.45) is 0. The Bertz CT molecular complexity index is 1410. The summed E-state index contributed by atoms with van der Waals surface area (Å²) in [4.78, 5) is 24.9. The number of nitrogens with zero attached hydrogens (tertiary/aromatic N) is 1. The van der Waals surface area contributed by atoms with Crippen molar-refractivity contribution in [1.29, 1.82) is 0 Å². The van der Waals surface area contributed by atoms with Crippen LogP contribution >= 0.6 is 0 Å². The molecule has 0 unspecified atom stereocenters. The van der Waals surface area contributed by atoms with Crippen molar-refractivity contribution < 1.29 is 22.4 Å². The number of carbonyl (C=O) groups is 2. The topological polar surface area (TPSA) is 109 Å². The standard InChI is InChI=1S/C25H23N3O5S/c1-17-7-13-21(14-8-17)34(31,32)28(2)16-18-9-11-19(12-10-18)24(29)26-27-25(30)23-15-20-5-3-4-6-22(20)33-23/h3-15H,16H2,1-2H3,(H,26,29)(H,27,30). The molecule has 4 aromatic rings. The summed E-state index contributed by atoms with van der Waals surface area (Å²) in [5, 5.41) is 0.781. The first-order valence-corrected chi connectivity index (χ1v) is 11.9. The third-order valence-corrected chi connectivity index (χ3v) is 7.11. The summed E-state index contributed by atoms with van der Waals surface area (Å²) in [5.41, 5.74) is 7.24. The molecule has 0 radical (unpaired) electrons. The average Bonchev–Trinajstić information content (AvgIpc) is 3.27. The number of rotatable bonds is 6. The van der Waals surface area contributed by atoms with Crippen molar-refractivity contribution in [3.63, 3.8) is 0 Å². The lowest BCUT2D eigenvalue weighted by Crippen LogP contribution is -2.41. The third-order valence-electron chi connectivity index (χ3n) is 5.29. The summed E-state index contributed by atoms with van der Waals surface area (Å²) >= 11 is 0. The molecule has 0 saturated heterocycles. The largest absolute Gasteiger partial charge is 0.451 e. The van der Waals surface area contributed by atoms with Crippen LogP contribution < -0.4 is 10.9 Å². The first-order chi connectivity index (χ1) is 16.2. The van der Waals surface area contributed by atoms with E-state index in [1.807, 2.05) is 19.1 Å². The van der Waals surface area contributed by atoms with Gasteiger partial charge >= 0.3 is 5.91 Å². The number of sulfonamides is 1. The van der Waals surface area contributed by atoms with E-state index >= 15 is 0 Å². The number of para-hydroxylation sites is 1. The number of fused-ring (bicyclic) bond motifs is 1.